The molecule has 142 heavy (non-hydrogen) atoms. The third-order valence-electron chi connectivity index (χ3n) is 24.3. The van der Waals surface area contributed by atoms with Gasteiger partial charge in [-0.2, -0.15) is 0 Å². The third-order valence-corrected chi connectivity index (χ3v) is 24.3. The first-order valence-corrected chi connectivity index (χ1v) is 47.2. The van der Waals surface area contributed by atoms with Crippen LogP contribution in [0.3, 0.4) is 0 Å². The predicted octanol–water partition coefficient (Wildman–Crippen LogP) is 20.9. The summed E-state index contributed by atoms with van der Waals surface area (Å²) in [5, 5.41) is 27.7. The molecule has 33 heteroatoms. The van der Waals surface area contributed by atoms with Crippen LogP contribution in [0.1, 0.15) is 240 Å². The van der Waals surface area contributed by atoms with E-state index in [9.17, 15) is 59.5 Å². The molecule has 6 N–H and O–H groups in total. The summed E-state index contributed by atoms with van der Waals surface area (Å²) in [7, 11) is 0. The number of aromatic nitrogens is 12. The lowest BCUT2D eigenvalue weighted by atomic mass is 10.0. The zero-order chi connectivity index (χ0) is 101. The number of nitrogens with zero attached hydrogens (tertiary/aromatic N) is 13. The highest BCUT2D eigenvalue weighted by Crippen LogP contribution is 2.39. The number of hydrogen-bond donors (Lipinski definition) is 6. The monoisotopic (exact) mass is 1940 g/mol. The summed E-state index contributed by atoms with van der Waals surface area (Å²) >= 11 is 0. The molecule has 734 valence electrons. The number of benzene rings is 4. The number of pyridine rings is 8. The molecule has 1 aliphatic heterocycles. The zero-order valence-corrected chi connectivity index (χ0v) is 80.5. The number of rotatable bonds is 30. The lowest BCUT2D eigenvalue weighted by Crippen LogP contribution is -2.29. The Morgan fingerprint density at radius 1 is 0.423 bits per heavy atom. The predicted molar refractivity (Wildman–Crippen MR) is 527 cm³/mol. The van der Waals surface area contributed by atoms with Gasteiger partial charge >= 0.3 is 0 Å². The maximum atomic E-state index is 13.7. The van der Waals surface area contributed by atoms with Crippen LogP contribution in [-0.4, -0.2) is 113 Å². The molecule has 1 unspecified atom stereocenters. The number of carbonyl (C=O) groups excluding carboxylic acids is 4. The van der Waals surface area contributed by atoms with Crippen molar-refractivity contribution in [1.29, 1.82) is 0 Å². The second kappa shape index (κ2) is 45.6. The van der Waals surface area contributed by atoms with Crippen LogP contribution < -0.4 is 36.1 Å². The van der Waals surface area contributed by atoms with Crippen molar-refractivity contribution in [2.75, 3.05) is 18.5 Å². The van der Waals surface area contributed by atoms with Gasteiger partial charge in [0.2, 0.25) is 24.2 Å². The molecular weight excluding hydrogens is 1830 g/mol. The third kappa shape index (κ3) is 23.9. The average Bonchev–Trinajstić information content (AvgIpc) is 1.60. The normalized spacial score (nSPS) is 13.0. The Balaban J connectivity index is 0.000000143. The van der Waals surface area contributed by atoms with Crippen LogP contribution in [0.2, 0.25) is 0 Å². The number of amides is 4. The van der Waals surface area contributed by atoms with E-state index in [4.69, 9.17) is 9.47 Å². The highest BCUT2D eigenvalue weighted by molar-refractivity contribution is 6.12. The van der Waals surface area contributed by atoms with E-state index >= 15 is 0 Å². The van der Waals surface area contributed by atoms with Crippen molar-refractivity contribution in [3.8, 4) is 5.88 Å². The van der Waals surface area contributed by atoms with Gasteiger partial charge in [0.05, 0.1) is 99.6 Å². The number of ether oxygens (including phenoxy) is 2. The summed E-state index contributed by atoms with van der Waals surface area (Å²) in [6.07, 6.45) is 21.5. The number of carbonyl (C=O) groups is 4. The summed E-state index contributed by atoms with van der Waals surface area (Å²) in [5.74, 6) is -6.66. The molecule has 12 aromatic heterocycles. The van der Waals surface area contributed by atoms with Gasteiger partial charge in [-0.3, -0.25) is 49.3 Å². The molecule has 1 fully saturated rings. The Morgan fingerprint density at radius 2 is 0.824 bits per heavy atom. The van der Waals surface area contributed by atoms with Crippen molar-refractivity contribution < 1.29 is 73.7 Å². The maximum absolute atomic E-state index is 13.7. The Bertz CT molecular complexity index is 7270. The van der Waals surface area contributed by atoms with Gasteiger partial charge in [-0.1, -0.05) is 131 Å². The number of aliphatic imine (C=N–C) groups is 1. The van der Waals surface area contributed by atoms with Gasteiger partial charge in [-0.25, -0.2) is 50.1 Å². The van der Waals surface area contributed by atoms with E-state index in [1.165, 1.54) is 49.5 Å². The second-order valence-corrected chi connectivity index (χ2v) is 36.8. The first-order valence-electron chi connectivity index (χ1n) is 47.2. The number of anilines is 1. The van der Waals surface area contributed by atoms with E-state index in [1.807, 2.05) is 138 Å². The second-order valence-electron chi connectivity index (χ2n) is 36.8. The summed E-state index contributed by atoms with van der Waals surface area (Å²) in [5.41, 5.74) is 14.6. The van der Waals surface area contributed by atoms with Crippen LogP contribution in [0.15, 0.2) is 231 Å². The van der Waals surface area contributed by atoms with Crippen molar-refractivity contribution >= 4 is 79.0 Å². The number of hydrogen-bond acceptors (Lipinski definition) is 16. The van der Waals surface area contributed by atoms with Crippen molar-refractivity contribution in [2.45, 2.75) is 190 Å². The van der Waals surface area contributed by atoms with Gasteiger partial charge in [0.1, 0.15) is 17.6 Å². The van der Waals surface area contributed by atoms with Gasteiger partial charge in [-0.15, -0.1) is 0 Å². The molecule has 0 bridgehead atoms. The molecule has 25 nitrogen and oxygen atoms in total. The van der Waals surface area contributed by atoms with E-state index in [-0.39, 0.29) is 79.6 Å². The lowest BCUT2D eigenvalue weighted by Gasteiger charge is -2.16. The Labute approximate surface area is 816 Å². The molecule has 0 radical (unpaired) electrons. The van der Waals surface area contributed by atoms with E-state index in [2.05, 4.69) is 108 Å². The SMILES string of the molecule is CC(C)COc1cc2c(cn1)c(C(=O)NCc1ccc(F)c(F)c1)c(C(C)C)n2Cc1ccccn1.CC(C)c1c(C(=O)NCc2ccc(F)c(F)c2)c2c[n+](O)ccc2n1Cc1ccccn1.CC(C)c1c(C(=O)NCc2ccc(F)c(F)c2)c2cnc(NC3CCCC3)cc2n1Cc1ccccn1.CC1CN=C(c2cc3c(cn2)c(C(=O)NCc2ccc(F)c(F)c2)c(C(C)C)n3Cc2cccnc2)O1. The van der Waals surface area contributed by atoms with Crippen molar-refractivity contribution in [1.82, 2.24) is 74.4 Å². The summed E-state index contributed by atoms with van der Waals surface area (Å²) in [6, 6.07) is 43.3. The van der Waals surface area contributed by atoms with Gasteiger partial charge < -0.3 is 54.3 Å². The number of halogens is 8. The van der Waals surface area contributed by atoms with E-state index in [0.29, 0.717) is 129 Å². The van der Waals surface area contributed by atoms with Gasteiger partial charge in [0.15, 0.2) is 46.5 Å². The molecule has 13 heterocycles. The Hall–Kier alpha value is -15.6. The van der Waals surface area contributed by atoms with E-state index < -0.39 is 46.5 Å². The van der Waals surface area contributed by atoms with Crippen LogP contribution in [0.25, 0.3) is 43.6 Å². The highest BCUT2D eigenvalue weighted by atomic mass is 19.2. The molecule has 4 aromatic carbocycles. The molecule has 2 aliphatic rings. The fourth-order valence-electron chi connectivity index (χ4n) is 17.9. The standard InChI is InChI=1S/C29H31F2N5O.C28H27F2N5O2.C28H30F2N4O2.C24H22F2N4O2/c1-18(2)28-27(29(37)34-15-19-10-11-23(30)24(31)13-19)22-16-33-26(35-20-7-3-4-8-20)14-25(22)36(28)17-21-9-5-6-12-32-21;1-16(2)26-25(27(36)33-13-18-6-7-21(29)22(30)9-18)20-14-32-23(28-34-11-17(3)37-28)10-24(20)35(26)15-19-5-4-8-31-12-19;1-17(2)16-36-25-12-24-21(14-32-25)26(28(35)33-13-19-8-9-22(29)23(30)11-19)27(18(3)4)34(24)15-20-7-5-6-10-31-20;1-15(2)23-22(24(31)28-12-16-6-7-19(25)20(26)11-16)18-14-29(32)10-8-21(18)30(23)13-17-5-3-4-9-27-17/h5-6,9-14,16,18,20H,3-4,7-8,15,17H2,1-2H3,(H,33,35)(H,34,37);4-10,12,14,16-17H,11,13,15H2,1-3H3,(H,33,36);5-12,14,17-18H,13,15-16H2,1-4H3,(H,33,35);3-11,14-15H,12-13H2,1-2H3,(H-,28,31,32)/p+1. The molecule has 0 saturated heterocycles. The van der Waals surface area contributed by atoms with E-state index in [0.717, 1.165) is 145 Å². The van der Waals surface area contributed by atoms with Crippen LogP contribution >= 0.6 is 0 Å². The molecule has 16 aromatic rings. The fraction of sp³-hybridized carbons (Fsp3) is 0.294. The van der Waals surface area contributed by atoms with Crippen LogP contribution in [0.4, 0.5) is 40.9 Å². The minimum absolute atomic E-state index is 0.00312. The molecule has 1 atom stereocenters. The molecule has 1 aliphatic carbocycles. The summed E-state index contributed by atoms with van der Waals surface area (Å²) in [4.78, 5) is 89.7. The highest BCUT2D eigenvalue weighted by Gasteiger charge is 2.33. The Morgan fingerprint density at radius 3 is 1.21 bits per heavy atom. The largest absolute Gasteiger partial charge is 0.477 e. The summed E-state index contributed by atoms with van der Waals surface area (Å²) < 4.78 is 129. The summed E-state index contributed by atoms with van der Waals surface area (Å²) in [6.45, 7) is 25.5. The van der Waals surface area contributed by atoms with Crippen LogP contribution in [0, 0.1) is 52.5 Å². The van der Waals surface area contributed by atoms with Gasteiger partial charge in [-0.05, 0) is 174 Å². The average molecular weight is 1940 g/mol. The first-order chi connectivity index (χ1) is 68.3. The zero-order valence-electron chi connectivity index (χ0n) is 80.5. The first kappa shape index (κ1) is 101. The van der Waals surface area contributed by atoms with Crippen LogP contribution in [0.5, 0.6) is 5.88 Å². The van der Waals surface area contributed by atoms with Crippen LogP contribution in [-0.2, 0) is 57.1 Å². The smallest absolute Gasteiger partial charge is 0.254 e. The fourth-order valence-corrected chi connectivity index (χ4v) is 17.9. The minimum atomic E-state index is -0.965. The quantitative estimate of drug-likeness (QED) is 0.0139. The lowest BCUT2D eigenvalue weighted by molar-refractivity contribution is -0.904. The van der Waals surface area contributed by atoms with Crippen molar-refractivity contribution in [3.63, 3.8) is 0 Å². The molecule has 18 rings (SSSR count). The van der Waals surface area contributed by atoms with Crippen molar-refractivity contribution in [3.05, 3.63) is 368 Å². The minimum Gasteiger partial charge on any atom is -0.477 e. The molecule has 0 spiro atoms. The maximum Gasteiger partial charge on any atom is 0.254 e. The topological polar surface area (TPSA) is 293 Å². The van der Waals surface area contributed by atoms with Gasteiger partial charge in [0, 0.05) is 150 Å². The number of nitrogens with one attached hydrogen (secondary N) is 5. The van der Waals surface area contributed by atoms with E-state index in [1.54, 1.807) is 55.6 Å². The molecule has 4 amide bonds. The molecular formula is C109H111F8N18O7+. The van der Waals surface area contributed by atoms with Crippen molar-refractivity contribution in [2.24, 2.45) is 10.9 Å². The Kier molecular flexibility index (Phi) is 32.4. The molecule has 1 saturated carbocycles. The van der Waals surface area contributed by atoms with Gasteiger partial charge in [0.25, 0.3) is 23.6 Å². The number of fused-ring (bicyclic) bond motifs is 4.